The van der Waals surface area contributed by atoms with Crippen LogP contribution in [0.2, 0.25) is 0 Å². The van der Waals surface area contributed by atoms with Crippen molar-refractivity contribution in [3.63, 3.8) is 0 Å². The smallest absolute Gasteiger partial charge is 0.134 e. The number of piperidine rings is 1. The molecular weight excluding hydrogens is 302 g/mol. The summed E-state index contributed by atoms with van der Waals surface area (Å²) in [6.45, 7) is 3.25. The summed E-state index contributed by atoms with van der Waals surface area (Å²) in [6.07, 6.45) is 8.47. The Kier molecular flexibility index (Phi) is 3.86. The molecule has 1 aromatic carbocycles. The molecule has 1 heterocycles. The number of aromatic hydroxyl groups is 1. The van der Waals surface area contributed by atoms with Gasteiger partial charge in [-0.2, -0.15) is 0 Å². The highest BCUT2D eigenvalue weighted by molar-refractivity contribution is 9.10. The van der Waals surface area contributed by atoms with Gasteiger partial charge in [-0.1, -0.05) is 25.0 Å². The van der Waals surface area contributed by atoms with Crippen LogP contribution < -0.4 is 0 Å². The van der Waals surface area contributed by atoms with E-state index in [2.05, 4.69) is 20.8 Å². The SMILES string of the molecule is Oc1c(Br)cccc1CN1CCC2(CCCC2)CC1. The number of para-hydroxylation sites is 1. The molecule has 0 bridgehead atoms. The maximum Gasteiger partial charge on any atom is 0.134 e. The largest absolute Gasteiger partial charge is 0.506 e. The van der Waals surface area contributed by atoms with Gasteiger partial charge in [0.05, 0.1) is 4.47 Å². The van der Waals surface area contributed by atoms with Gasteiger partial charge in [0.2, 0.25) is 0 Å². The number of phenolic OH excluding ortho intramolecular Hbond substituents is 1. The van der Waals surface area contributed by atoms with E-state index in [1.54, 1.807) is 0 Å². The second-order valence-corrected chi connectivity index (χ2v) is 7.09. The van der Waals surface area contributed by atoms with Crippen molar-refractivity contribution in [3.8, 4) is 5.75 Å². The molecule has 1 spiro atoms. The Bertz CT molecular complexity index is 444. The normalized spacial score (nSPS) is 23.0. The molecule has 1 aliphatic carbocycles. The van der Waals surface area contributed by atoms with Crippen LogP contribution in [0.4, 0.5) is 0 Å². The summed E-state index contributed by atoms with van der Waals surface area (Å²) in [5.41, 5.74) is 1.72. The van der Waals surface area contributed by atoms with Crippen LogP contribution >= 0.6 is 15.9 Å². The van der Waals surface area contributed by atoms with Crippen molar-refractivity contribution in [3.05, 3.63) is 28.2 Å². The molecule has 2 fully saturated rings. The maximum atomic E-state index is 10.1. The van der Waals surface area contributed by atoms with Crippen LogP contribution in [0.3, 0.4) is 0 Å². The zero-order valence-corrected chi connectivity index (χ0v) is 13.0. The molecule has 1 saturated carbocycles. The minimum Gasteiger partial charge on any atom is -0.506 e. The summed E-state index contributed by atoms with van der Waals surface area (Å²) in [7, 11) is 0. The lowest BCUT2D eigenvalue weighted by Gasteiger charge is -2.39. The predicted octanol–water partition coefficient (Wildman–Crippen LogP) is 4.31. The van der Waals surface area contributed by atoms with E-state index in [-0.39, 0.29) is 0 Å². The molecule has 1 saturated heterocycles. The van der Waals surface area contributed by atoms with Gasteiger partial charge < -0.3 is 5.11 Å². The van der Waals surface area contributed by atoms with Crippen molar-refractivity contribution in [2.45, 2.75) is 45.1 Å². The first-order valence-corrected chi connectivity index (χ1v) is 8.17. The molecule has 1 aromatic rings. The van der Waals surface area contributed by atoms with Crippen LogP contribution in [-0.4, -0.2) is 23.1 Å². The lowest BCUT2D eigenvalue weighted by Crippen LogP contribution is -2.38. The van der Waals surface area contributed by atoms with Crippen LogP contribution in [-0.2, 0) is 6.54 Å². The monoisotopic (exact) mass is 323 g/mol. The molecule has 2 nitrogen and oxygen atoms in total. The molecule has 3 heteroatoms. The van der Waals surface area contributed by atoms with E-state index in [0.717, 1.165) is 16.6 Å². The Morgan fingerprint density at radius 1 is 1.11 bits per heavy atom. The van der Waals surface area contributed by atoms with E-state index in [0.29, 0.717) is 11.2 Å². The summed E-state index contributed by atoms with van der Waals surface area (Å²) < 4.78 is 0.800. The van der Waals surface area contributed by atoms with E-state index in [1.165, 1.54) is 51.6 Å². The predicted molar refractivity (Wildman–Crippen MR) is 81.2 cm³/mol. The van der Waals surface area contributed by atoms with E-state index >= 15 is 0 Å². The molecule has 0 aromatic heterocycles. The van der Waals surface area contributed by atoms with E-state index in [9.17, 15) is 5.11 Å². The van der Waals surface area contributed by atoms with Crippen LogP contribution in [0.25, 0.3) is 0 Å². The fourth-order valence-electron chi connectivity index (χ4n) is 3.74. The molecule has 0 atom stereocenters. The Hall–Kier alpha value is -0.540. The van der Waals surface area contributed by atoms with E-state index in [1.807, 2.05) is 18.2 Å². The third-order valence-corrected chi connectivity index (χ3v) is 5.69. The first-order valence-electron chi connectivity index (χ1n) is 7.37. The number of nitrogens with zero attached hydrogens (tertiary/aromatic N) is 1. The van der Waals surface area contributed by atoms with Crippen molar-refractivity contribution in [2.24, 2.45) is 5.41 Å². The van der Waals surface area contributed by atoms with Gasteiger partial charge in [0.15, 0.2) is 0 Å². The highest BCUT2D eigenvalue weighted by Crippen LogP contribution is 2.46. The van der Waals surface area contributed by atoms with Crippen molar-refractivity contribution < 1.29 is 5.11 Å². The quantitative estimate of drug-likeness (QED) is 0.876. The summed E-state index contributed by atoms with van der Waals surface area (Å²) >= 11 is 3.39. The van der Waals surface area contributed by atoms with Gasteiger partial charge in [0.25, 0.3) is 0 Å². The minimum atomic E-state index is 0.406. The highest BCUT2D eigenvalue weighted by Gasteiger charge is 2.36. The first-order chi connectivity index (χ1) is 9.19. The Morgan fingerprint density at radius 3 is 2.47 bits per heavy atom. The number of halogens is 1. The second kappa shape index (κ2) is 5.45. The van der Waals surface area contributed by atoms with Gasteiger partial charge in [-0.25, -0.2) is 0 Å². The van der Waals surface area contributed by atoms with Crippen LogP contribution in [0.15, 0.2) is 22.7 Å². The minimum absolute atomic E-state index is 0.406. The van der Waals surface area contributed by atoms with Crippen molar-refractivity contribution in [1.29, 1.82) is 0 Å². The molecule has 1 aliphatic heterocycles. The van der Waals surface area contributed by atoms with Crippen LogP contribution in [0.5, 0.6) is 5.75 Å². The standard InChI is InChI=1S/C16H22BrNO/c17-14-5-3-4-13(15(14)19)12-18-10-8-16(9-11-18)6-1-2-7-16/h3-5,19H,1-2,6-12H2. The third kappa shape index (κ3) is 2.82. The fourth-order valence-corrected chi connectivity index (χ4v) is 4.15. The third-order valence-electron chi connectivity index (χ3n) is 5.05. The zero-order valence-electron chi connectivity index (χ0n) is 11.4. The molecule has 0 unspecified atom stereocenters. The summed E-state index contributed by atoms with van der Waals surface area (Å²) in [5.74, 6) is 0.406. The van der Waals surface area contributed by atoms with Crippen molar-refractivity contribution in [2.75, 3.05) is 13.1 Å². The fraction of sp³-hybridized carbons (Fsp3) is 0.625. The van der Waals surface area contributed by atoms with Crippen molar-refractivity contribution >= 4 is 15.9 Å². The zero-order chi connectivity index (χ0) is 13.3. The molecular formula is C16H22BrNO. The van der Waals surface area contributed by atoms with Gasteiger partial charge in [0, 0.05) is 12.1 Å². The van der Waals surface area contributed by atoms with E-state index in [4.69, 9.17) is 0 Å². The number of likely N-dealkylation sites (tertiary alicyclic amines) is 1. The topological polar surface area (TPSA) is 23.5 Å². The summed E-state index contributed by atoms with van der Waals surface area (Å²) in [4.78, 5) is 2.49. The van der Waals surface area contributed by atoms with Crippen LogP contribution in [0.1, 0.15) is 44.1 Å². The lowest BCUT2D eigenvalue weighted by molar-refractivity contribution is 0.103. The van der Waals surface area contributed by atoms with Crippen molar-refractivity contribution in [1.82, 2.24) is 4.90 Å². The second-order valence-electron chi connectivity index (χ2n) is 6.23. The average Bonchev–Trinajstić information content (AvgIpc) is 2.86. The number of rotatable bonds is 2. The van der Waals surface area contributed by atoms with Gasteiger partial charge >= 0.3 is 0 Å². The number of benzene rings is 1. The molecule has 1 N–H and O–H groups in total. The van der Waals surface area contributed by atoms with E-state index < -0.39 is 0 Å². The van der Waals surface area contributed by atoms with Gasteiger partial charge in [-0.15, -0.1) is 0 Å². The maximum absolute atomic E-state index is 10.1. The number of phenols is 1. The number of hydrogen-bond donors (Lipinski definition) is 1. The Labute approximate surface area is 123 Å². The number of hydrogen-bond acceptors (Lipinski definition) is 2. The van der Waals surface area contributed by atoms with Gasteiger partial charge in [-0.3, -0.25) is 4.90 Å². The summed E-state index contributed by atoms with van der Waals surface area (Å²) in [5, 5.41) is 10.1. The molecule has 2 aliphatic rings. The summed E-state index contributed by atoms with van der Waals surface area (Å²) in [6, 6.07) is 5.92. The highest BCUT2D eigenvalue weighted by atomic mass is 79.9. The first kappa shape index (κ1) is 13.4. The Balaban J connectivity index is 1.61. The van der Waals surface area contributed by atoms with Gasteiger partial charge in [0.1, 0.15) is 5.75 Å². The van der Waals surface area contributed by atoms with Crippen LogP contribution in [0, 0.1) is 5.41 Å². The lowest BCUT2D eigenvalue weighted by atomic mass is 9.77. The molecule has 104 valence electrons. The molecule has 0 radical (unpaired) electrons. The average molecular weight is 324 g/mol. The molecule has 3 rings (SSSR count). The molecule has 0 amide bonds. The Morgan fingerprint density at radius 2 is 1.79 bits per heavy atom. The van der Waals surface area contributed by atoms with Gasteiger partial charge in [-0.05, 0) is 66.2 Å². The molecule has 19 heavy (non-hydrogen) atoms.